The second-order valence-electron chi connectivity index (χ2n) is 10.0. The van der Waals surface area contributed by atoms with Crippen molar-refractivity contribution in [1.29, 1.82) is 0 Å². The molecule has 10 heteroatoms. The Balaban J connectivity index is 1.20. The van der Waals surface area contributed by atoms with Crippen LogP contribution in [0.5, 0.6) is 0 Å². The standard InChI is InChI=1S/C29H27N7O3/c1-17-11-14-22(26(30-17)36-15-19-12-13-20(16-36)38-19)28-34-35-29(39-28)33-25-27(37)31-23-10-6-5-9-21(23)24(32-25)18-7-3-2-4-8-18/h2-11,14,19-20,25H,12-13,15-16H2,1H3,(H,31,37)(H,33,35)/t19?,20?,25-/m1/s1. The topological polar surface area (TPSA) is 118 Å². The molecule has 0 spiro atoms. The zero-order valence-corrected chi connectivity index (χ0v) is 21.4. The Hall–Kier alpha value is -4.57. The first kappa shape index (κ1) is 23.5. The van der Waals surface area contributed by atoms with Crippen LogP contribution < -0.4 is 15.5 Å². The number of anilines is 3. The van der Waals surface area contributed by atoms with E-state index in [1.165, 1.54) is 0 Å². The fourth-order valence-electron chi connectivity index (χ4n) is 5.43. The van der Waals surface area contributed by atoms with Crippen molar-refractivity contribution in [1.82, 2.24) is 15.2 Å². The SMILES string of the molecule is Cc1ccc(-c2nnc(N[C@H]3N=C(c4ccccc4)c4ccccc4NC3=O)o2)c(N2CC3CCC(C2)O3)n1. The number of ether oxygens (including phenoxy) is 1. The molecule has 5 heterocycles. The first-order chi connectivity index (χ1) is 19.1. The van der Waals surface area contributed by atoms with E-state index >= 15 is 0 Å². The third kappa shape index (κ3) is 4.52. The second kappa shape index (κ2) is 9.63. The highest BCUT2D eigenvalue weighted by Crippen LogP contribution is 2.35. The molecule has 2 bridgehead atoms. The van der Waals surface area contributed by atoms with Gasteiger partial charge in [-0.25, -0.2) is 9.98 Å². The van der Waals surface area contributed by atoms with Gasteiger partial charge in [0, 0.05) is 29.9 Å². The van der Waals surface area contributed by atoms with E-state index in [1.54, 1.807) is 0 Å². The van der Waals surface area contributed by atoms with E-state index in [1.807, 2.05) is 73.7 Å². The molecule has 2 saturated heterocycles. The zero-order valence-electron chi connectivity index (χ0n) is 21.4. The van der Waals surface area contributed by atoms with Crippen LogP contribution in [0.4, 0.5) is 17.5 Å². The van der Waals surface area contributed by atoms with Crippen molar-refractivity contribution in [2.75, 3.05) is 28.6 Å². The van der Waals surface area contributed by atoms with Crippen molar-refractivity contribution in [2.24, 2.45) is 4.99 Å². The normalized spacial score (nSPS) is 22.1. The number of pyridine rings is 1. The number of nitrogens with zero attached hydrogens (tertiary/aromatic N) is 5. The predicted octanol–water partition coefficient (Wildman–Crippen LogP) is 4.04. The molecule has 7 rings (SSSR count). The molecule has 2 fully saturated rings. The molecule has 39 heavy (non-hydrogen) atoms. The molecular weight excluding hydrogens is 494 g/mol. The summed E-state index contributed by atoms with van der Waals surface area (Å²) >= 11 is 0. The molecule has 3 atom stereocenters. The van der Waals surface area contributed by atoms with Crippen molar-refractivity contribution in [3.8, 4) is 11.5 Å². The van der Waals surface area contributed by atoms with Crippen LogP contribution in [0.15, 0.2) is 76.1 Å². The summed E-state index contributed by atoms with van der Waals surface area (Å²) in [6.07, 6.45) is 1.58. The third-order valence-electron chi connectivity index (χ3n) is 7.27. The van der Waals surface area contributed by atoms with Gasteiger partial charge in [0.1, 0.15) is 5.82 Å². The molecule has 3 aliphatic heterocycles. The van der Waals surface area contributed by atoms with Gasteiger partial charge >= 0.3 is 6.01 Å². The zero-order chi connectivity index (χ0) is 26.3. The van der Waals surface area contributed by atoms with E-state index in [0.717, 1.165) is 54.1 Å². The number of hydrogen-bond acceptors (Lipinski definition) is 9. The maximum Gasteiger partial charge on any atom is 0.317 e. The number of para-hydroxylation sites is 1. The Kier molecular flexibility index (Phi) is 5.81. The highest BCUT2D eigenvalue weighted by atomic mass is 16.5. The van der Waals surface area contributed by atoms with Gasteiger partial charge in [0.2, 0.25) is 6.17 Å². The maximum atomic E-state index is 13.2. The van der Waals surface area contributed by atoms with E-state index in [2.05, 4.69) is 25.7 Å². The number of benzene rings is 2. The lowest BCUT2D eigenvalue weighted by atomic mass is 10.0. The number of hydrogen-bond donors (Lipinski definition) is 2. The van der Waals surface area contributed by atoms with Gasteiger partial charge in [-0.3, -0.25) is 4.79 Å². The van der Waals surface area contributed by atoms with Gasteiger partial charge in [-0.15, -0.1) is 5.10 Å². The molecule has 1 amide bonds. The summed E-state index contributed by atoms with van der Waals surface area (Å²) in [6.45, 7) is 3.52. The number of carbonyl (C=O) groups excluding carboxylic acids is 1. The van der Waals surface area contributed by atoms with Gasteiger partial charge in [-0.05, 0) is 38.0 Å². The number of nitrogens with one attached hydrogen (secondary N) is 2. The van der Waals surface area contributed by atoms with E-state index in [0.29, 0.717) is 17.3 Å². The van der Waals surface area contributed by atoms with Crippen LogP contribution in [0.3, 0.4) is 0 Å². The van der Waals surface area contributed by atoms with Crippen LogP contribution in [0.2, 0.25) is 0 Å². The molecule has 4 aromatic rings. The Morgan fingerprint density at radius 3 is 2.51 bits per heavy atom. The first-order valence-corrected chi connectivity index (χ1v) is 13.1. The van der Waals surface area contributed by atoms with E-state index < -0.39 is 6.17 Å². The van der Waals surface area contributed by atoms with E-state index in [-0.39, 0.29) is 24.1 Å². The number of fused-ring (bicyclic) bond motifs is 3. The fraction of sp³-hybridized carbons (Fsp3) is 0.276. The monoisotopic (exact) mass is 521 g/mol. The van der Waals surface area contributed by atoms with Crippen LogP contribution in [0.25, 0.3) is 11.5 Å². The van der Waals surface area contributed by atoms with Crippen molar-refractivity contribution in [2.45, 2.75) is 38.1 Å². The minimum atomic E-state index is -0.980. The predicted molar refractivity (Wildman–Crippen MR) is 147 cm³/mol. The minimum Gasteiger partial charge on any atom is -0.403 e. The number of benzodiazepines with no additional fused rings is 1. The molecular formula is C29H27N7O3. The number of morpholine rings is 1. The summed E-state index contributed by atoms with van der Waals surface area (Å²) in [4.78, 5) is 25.1. The lowest BCUT2D eigenvalue weighted by Gasteiger charge is -2.33. The molecule has 0 aliphatic carbocycles. The Morgan fingerprint density at radius 1 is 0.923 bits per heavy atom. The number of aromatic nitrogens is 3. The number of carbonyl (C=O) groups is 1. The lowest BCUT2D eigenvalue weighted by molar-refractivity contribution is -0.116. The Labute approximate surface area is 225 Å². The largest absolute Gasteiger partial charge is 0.403 e. The van der Waals surface area contributed by atoms with Crippen LogP contribution in [0.1, 0.15) is 29.7 Å². The van der Waals surface area contributed by atoms with Crippen molar-refractivity contribution >= 4 is 29.1 Å². The Morgan fingerprint density at radius 2 is 1.69 bits per heavy atom. The second-order valence-corrected chi connectivity index (χ2v) is 10.0. The number of aliphatic imine (C=N–C) groups is 1. The molecule has 196 valence electrons. The summed E-state index contributed by atoms with van der Waals surface area (Å²) in [5.41, 5.74) is 4.76. The van der Waals surface area contributed by atoms with Gasteiger partial charge in [0.05, 0.1) is 29.2 Å². The van der Waals surface area contributed by atoms with Gasteiger partial charge in [0.25, 0.3) is 11.8 Å². The summed E-state index contributed by atoms with van der Waals surface area (Å²) in [5.74, 6) is 0.801. The van der Waals surface area contributed by atoms with Crippen LogP contribution in [-0.4, -0.2) is 58.3 Å². The smallest absolute Gasteiger partial charge is 0.317 e. The average molecular weight is 522 g/mol. The molecule has 2 aromatic carbocycles. The minimum absolute atomic E-state index is 0.0980. The molecule has 2 aromatic heterocycles. The number of rotatable bonds is 5. The number of amides is 1. The Bertz CT molecular complexity index is 1560. The van der Waals surface area contributed by atoms with Gasteiger partial charge in [-0.2, -0.15) is 0 Å². The highest BCUT2D eigenvalue weighted by molar-refractivity contribution is 6.19. The molecule has 10 nitrogen and oxygen atoms in total. The quantitative estimate of drug-likeness (QED) is 0.404. The van der Waals surface area contributed by atoms with Crippen molar-refractivity contribution in [3.05, 3.63) is 83.6 Å². The van der Waals surface area contributed by atoms with Crippen molar-refractivity contribution in [3.63, 3.8) is 0 Å². The molecule has 2 N–H and O–H groups in total. The maximum absolute atomic E-state index is 13.2. The van der Waals surface area contributed by atoms with Gasteiger partial charge in [-0.1, -0.05) is 53.6 Å². The highest BCUT2D eigenvalue weighted by Gasteiger charge is 2.36. The molecule has 3 aliphatic rings. The molecule has 0 saturated carbocycles. The number of aryl methyl sites for hydroxylation is 1. The van der Waals surface area contributed by atoms with Crippen LogP contribution in [-0.2, 0) is 9.53 Å². The fourth-order valence-corrected chi connectivity index (χ4v) is 5.43. The molecule has 2 unspecified atom stereocenters. The summed E-state index contributed by atoms with van der Waals surface area (Å²) < 4.78 is 12.1. The first-order valence-electron chi connectivity index (χ1n) is 13.1. The van der Waals surface area contributed by atoms with Gasteiger partial charge in [0.15, 0.2) is 0 Å². The summed E-state index contributed by atoms with van der Waals surface area (Å²) in [7, 11) is 0. The summed E-state index contributed by atoms with van der Waals surface area (Å²) in [6, 6.07) is 21.4. The average Bonchev–Trinajstić information content (AvgIpc) is 3.53. The third-order valence-corrected chi connectivity index (χ3v) is 7.27. The van der Waals surface area contributed by atoms with Crippen LogP contribution >= 0.6 is 0 Å². The van der Waals surface area contributed by atoms with Crippen molar-refractivity contribution < 1.29 is 13.9 Å². The van der Waals surface area contributed by atoms with E-state index in [9.17, 15) is 4.79 Å². The summed E-state index contributed by atoms with van der Waals surface area (Å²) in [5, 5.41) is 14.5. The lowest BCUT2D eigenvalue weighted by Crippen LogP contribution is -2.43. The van der Waals surface area contributed by atoms with Crippen LogP contribution in [0, 0.1) is 6.92 Å². The van der Waals surface area contributed by atoms with Gasteiger partial charge < -0.3 is 24.7 Å². The molecule has 0 radical (unpaired) electrons. The van der Waals surface area contributed by atoms with E-state index in [4.69, 9.17) is 19.1 Å².